The maximum atomic E-state index is 13.5. The highest BCUT2D eigenvalue weighted by Gasteiger charge is 2.36. The van der Waals surface area contributed by atoms with Crippen LogP contribution in [0.25, 0.3) is 0 Å². The number of nitrogens with zero attached hydrogens (tertiary/aromatic N) is 1. The van der Waals surface area contributed by atoms with Gasteiger partial charge in [0.1, 0.15) is 5.82 Å². The number of rotatable bonds is 7. The molecule has 1 aliphatic rings. The predicted octanol–water partition coefficient (Wildman–Crippen LogP) is 2.21. The molecule has 21 heavy (non-hydrogen) atoms. The Hall–Kier alpha value is -0.980. The molecule has 0 bridgehead atoms. The quantitative estimate of drug-likeness (QED) is 0.839. The first kappa shape index (κ1) is 16.4. The molecule has 0 saturated heterocycles. The molecule has 1 aromatic rings. The summed E-state index contributed by atoms with van der Waals surface area (Å²) in [5.41, 5.74) is 0.606. The number of benzene rings is 1. The number of hydrogen-bond donors (Lipinski definition) is 1. The molecule has 0 radical (unpaired) electrons. The lowest BCUT2D eigenvalue weighted by molar-refractivity contribution is 0.443. The summed E-state index contributed by atoms with van der Waals surface area (Å²) in [7, 11) is -2.08. The third kappa shape index (κ3) is 3.81. The van der Waals surface area contributed by atoms with Gasteiger partial charge in [-0.25, -0.2) is 17.1 Å². The average molecular weight is 314 g/mol. The van der Waals surface area contributed by atoms with Crippen molar-refractivity contribution in [2.24, 2.45) is 11.8 Å². The Balaban J connectivity index is 2.26. The maximum Gasteiger partial charge on any atom is 0.243 e. The van der Waals surface area contributed by atoms with E-state index in [0.29, 0.717) is 30.5 Å². The SMILES string of the molecule is CCNCc1ccc(F)cc1S(=O)(=O)N(C)CC1CC1C. The van der Waals surface area contributed by atoms with Crippen LogP contribution in [0.4, 0.5) is 4.39 Å². The van der Waals surface area contributed by atoms with Gasteiger partial charge in [0.25, 0.3) is 0 Å². The molecule has 1 N–H and O–H groups in total. The summed E-state index contributed by atoms with van der Waals surface area (Å²) in [6.07, 6.45) is 1.06. The molecule has 0 spiro atoms. The Morgan fingerprint density at radius 3 is 2.67 bits per heavy atom. The molecular weight excluding hydrogens is 291 g/mol. The van der Waals surface area contributed by atoms with Gasteiger partial charge in [-0.1, -0.05) is 19.9 Å². The van der Waals surface area contributed by atoms with Gasteiger partial charge in [-0.15, -0.1) is 0 Å². The van der Waals surface area contributed by atoms with Crippen molar-refractivity contribution in [3.05, 3.63) is 29.6 Å². The van der Waals surface area contributed by atoms with Gasteiger partial charge in [0.2, 0.25) is 10.0 Å². The number of halogens is 1. The van der Waals surface area contributed by atoms with Crippen LogP contribution in [0, 0.1) is 17.7 Å². The van der Waals surface area contributed by atoms with Gasteiger partial charge in [0, 0.05) is 20.1 Å². The molecule has 4 nitrogen and oxygen atoms in total. The average Bonchev–Trinajstić information content (AvgIpc) is 3.12. The van der Waals surface area contributed by atoms with E-state index in [2.05, 4.69) is 12.2 Å². The zero-order valence-electron chi connectivity index (χ0n) is 12.8. The lowest BCUT2D eigenvalue weighted by atomic mass is 10.2. The van der Waals surface area contributed by atoms with Gasteiger partial charge in [0.05, 0.1) is 4.90 Å². The first-order valence-corrected chi connectivity index (χ1v) is 8.75. The molecule has 118 valence electrons. The zero-order chi connectivity index (χ0) is 15.6. The van der Waals surface area contributed by atoms with E-state index in [9.17, 15) is 12.8 Å². The minimum Gasteiger partial charge on any atom is -0.313 e. The molecule has 2 unspecified atom stereocenters. The normalized spacial score (nSPS) is 21.8. The number of nitrogens with one attached hydrogen (secondary N) is 1. The minimum absolute atomic E-state index is 0.0688. The lowest BCUT2D eigenvalue weighted by Crippen LogP contribution is -2.30. The van der Waals surface area contributed by atoms with Gasteiger partial charge >= 0.3 is 0 Å². The molecule has 1 aliphatic carbocycles. The van der Waals surface area contributed by atoms with E-state index in [1.165, 1.54) is 10.4 Å². The molecule has 2 rings (SSSR count). The Kier molecular flexibility index (Phi) is 5.01. The smallest absolute Gasteiger partial charge is 0.243 e. The Morgan fingerprint density at radius 1 is 1.43 bits per heavy atom. The van der Waals surface area contributed by atoms with Gasteiger partial charge in [-0.2, -0.15) is 0 Å². The van der Waals surface area contributed by atoms with E-state index in [1.54, 1.807) is 13.1 Å². The largest absolute Gasteiger partial charge is 0.313 e. The summed E-state index contributed by atoms with van der Waals surface area (Å²) in [5, 5.41) is 3.09. The Labute approximate surface area is 126 Å². The molecule has 1 fully saturated rings. The lowest BCUT2D eigenvalue weighted by Gasteiger charge is -2.19. The van der Waals surface area contributed by atoms with E-state index in [4.69, 9.17) is 0 Å². The van der Waals surface area contributed by atoms with Crippen molar-refractivity contribution in [1.29, 1.82) is 0 Å². The highest BCUT2D eigenvalue weighted by atomic mass is 32.2. The second-order valence-corrected chi connectivity index (χ2v) is 7.80. The van der Waals surface area contributed by atoms with E-state index in [0.717, 1.165) is 19.0 Å². The predicted molar refractivity (Wildman–Crippen MR) is 80.9 cm³/mol. The van der Waals surface area contributed by atoms with Crippen LogP contribution < -0.4 is 5.32 Å². The summed E-state index contributed by atoms with van der Waals surface area (Å²) in [6, 6.07) is 3.96. The van der Waals surface area contributed by atoms with Crippen LogP contribution in [0.2, 0.25) is 0 Å². The number of sulfonamides is 1. The van der Waals surface area contributed by atoms with Crippen LogP contribution in [-0.4, -0.2) is 32.9 Å². The van der Waals surface area contributed by atoms with E-state index >= 15 is 0 Å². The standard InChI is InChI=1S/C15H23FN2O2S/c1-4-17-9-12-5-6-14(16)8-15(12)21(19,20)18(3)10-13-7-11(13)2/h5-6,8,11,13,17H,4,7,9-10H2,1-3H3. The van der Waals surface area contributed by atoms with Crippen LogP contribution in [0.5, 0.6) is 0 Å². The molecule has 1 aromatic carbocycles. The highest BCUT2D eigenvalue weighted by Crippen LogP contribution is 2.38. The Bertz CT molecular complexity index is 604. The maximum absolute atomic E-state index is 13.5. The van der Waals surface area contributed by atoms with Gasteiger partial charge in [-0.05, 0) is 42.5 Å². The van der Waals surface area contributed by atoms with Crippen LogP contribution in [0.15, 0.2) is 23.1 Å². The van der Waals surface area contributed by atoms with Crippen molar-refractivity contribution < 1.29 is 12.8 Å². The van der Waals surface area contributed by atoms with Crippen molar-refractivity contribution >= 4 is 10.0 Å². The van der Waals surface area contributed by atoms with Crippen molar-refractivity contribution in [2.75, 3.05) is 20.1 Å². The molecule has 6 heteroatoms. The van der Waals surface area contributed by atoms with Crippen LogP contribution in [-0.2, 0) is 16.6 Å². The monoisotopic (exact) mass is 314 g/mol. The highest BCUT2D eigenvalue weighted by molar-refractivity contribution is 7.89. The summed E-state index contributed by atoms with van der Waals surface area (Å²) >= 11 is 0. The summed E-state index contributed by atoms with van der Waals surface area (Å²) in [4.78, 5) is 0.0688. The van der Waals surface area contributed by atoms with E-state index < -0.39 is 15.8 Å². The van der Waals surface area contributed by atoms with E-state index in [-0.39, 0.29) is 4.90 Å². The minimum atomic E-state index is -3.65. The molecule has 0 aliphatic heterocycles. The fourth-order valence-corrected chi connectivity index (χ4v) is 3.88. The van der Waals surface area contributed by atoms with Crippen molar-refractivity contribution in [2.45, 2.75) is 31.7 Å². The summed E-state index contributed by atoms with van der Waals surface area (Å²) in [6.45, 7) is 5.70. The van der Waals surface area contributed by atoms with Gasteiger partial charge < -0.3 is 5.32 Å². The van der Waals surface area contributed by atoms with Crippen LogP contribution in [0.3, 0.4) is 0 Å². The molecule has 1 saturated carbocycles. The molecule has 0 aromatic heterocycles. The molecule has 0 amide bonds. The topological polar surface area (TPSA) is 49.4 Å². The van der Waals surface area contributed by atoms with E-state index in [1.807, 2.05) is 6.92 Å². The van der Waals surface area contributed by atoms with Crippen LogP contribution >= 0.6 is 0 Å². The molecule has 2 atom stereocenters. The summed E-state index contributed by atoms with van der Waals surface area (Å²) < 4.78 is 40.2. The first-order valence-electron chi connectivity index (χ1n) is 7.31. The second-order valence-electron chi connectivity index (χ2n) is 5.79. The summed E-state index contributed by atoms with van der Waals surface area (Å²) in [5.74, 6) is 0.481. The van der Waals surface area contributed by atoms with Crippen molar-refractivity contribution in [3.63, 3.8) is 0 Å². The fourth-order valence-electron chi connectivity index (χ4n) is 2.42. The number of hydrogen-bond acceptors (Lipinski definition) is 3. The molecule has 0 heterocycles. The third-order valence-electron chi connectivity index (χ3n) is 4.05. The zero-order valence-corrected chi connectivity index (χ0v) is 13.6. The van der Waals surface area contributed by atoms with Gasteiger partial charge in [-0.3, -0.25) is 0 Å². The second kappa shape index (κ2) is 6.42. The molecular formula is C15H23FN2O2S. The van der Waals surface area contributed by atoms with Crippen molar-refractivity contribution in [1.82, 2.24) is 9.62 Å². The van der Waals surface area contributed by atoms with Gasteiger partial charge in [0.15, 0.2) is 0 Å². The van der Waals surface area contributed by atoms with Crippen molar-refractivity contribution in [3.8, 4) is 0 Å². The first-order chi connectivity index (χ1) is 9.86. The van der Waals surface area contributed by atoms with Crippen LogP contribution in [0.1, 0.15) is 25.8 Å². The fraction of sp³-hybridized carbons (Fsp3) is 0.600. The Morgan fingerprint density at radius 2 is 2.10 bits per heavy atom. The third-order valence-corrected chi connectivity index (χ3v) is 5.96.